The van der Waals surface area contributed by atoms with Gasteiger partial charge in [0.1, 0.15) is 24.3 Å². The van der Waals surface area contributed by atoms with Crippen LogP contribution >= 0.6 is 0 Å². The average Bonchev–Trinajstić information content (AvgIpc) is 3.07. The molecule has 268 valence electrons. The van der Waals surface area contributed by atoms with Gasteiger partial charge in [-0.1, -0.05) is 55.4 Å². The molecular weight excluding hydrogens is 624 g/mol. The van der Waals surface area contributed by atoms with Gasteiger partial charge in [-0.2, -0.15) is 0 Å². The van der Waals surface area contributed by atoms with Crippen molar-refractivity contribution in [3.05, 3.63) is 49.1 Å². The second-order valence-electron chi connectivity index (χ2n) is 15.4. The minimum atomic E-state index is 0.111. The Morgan fingerprint density at radius 3 is 1.30 bits per heavy atom. The van der Waals surface area contributed by atoms with Gasteiger partial charge in [0.2, 0.25) is 11.8 Å². The molecule has 1 aliphatic rings. The summed E-state index contributed by atoms with van der Waals surface area (Å²) < 4.78 is 0. The van der Waals surface area contributed by atoms with Gasteiger partial charge in [-0.15, -0.1) is 0 Å². The Morgan fingerprint density at radius 2 is 0.960 bits per heavy atom. The number of aromatic nitrogens is 4. The van der Waals surface area contributed by atoms with Crippen LogP contribution in [0.5, 0.6) is 0 Å². The fourth-order valence-electron chi connectivity index (χ4n) is 6.50. The van der Waals surface area contributed by atoms with E-state index in [9.17, 15) is 9.59 Å². The van der Waals surface area contributed by atoms with Crippen molar-refractivity contribution in [2.75, 3.05) is 58.9 Å². The van der Waals surface area contributed by atoms with Crippen LogP contribution in [-0.4, -0.2) is 71.0 Å². The number of anilines is 4. The lowest BCUT2D eigenvalue weighted by Crippen LogP contribution is -2.46. The van der Waals surface area contributed by atoms with Crippen LogP contribution in [0.4, 0.5) is 23.0 Å². The molecule has 10 nitrogen and oxygen atoms in total. The summed E-state index contributed by atoms with van der Waals surface area (Å²) in [7, 11) is 0. The normalized spacial score (nSPS) is 13.8. The molecule has 50 heavy (non-hydrogen) atoms. The second-order valence-corrected chi connectivity index (χ2v) is 15.4. The molecule has 2 aromatic heterocycles. The summed E-state index contributed by atoms with van der Waals surface area (Å²) in [5.74, 6) is 3.15. The second kappa shape index (κ2) is 16.6. The van der Waals surface area contributed by atoms with Crippen molar-refractivity contribution >= 4 is 56.6 Å². The zero-order valence-electron chi connectivity index (χ0n) is 31.4. The van der Waals surface area contributed by atoms with Crippen molar-refractivity contribution in [1.82, 2.24) is 19.9 Å². The fourth-order valence-corrected chi connectivity index (χ4v) is 6.50. The number of carbonyl (C=O) groups is 2. The first-order chi connectivity index (χ1) is 23.9. The molecule has 0 N–H and O–H groups in total. The zero-order valence-corrected chi connectivity index (χ0v) is 31.4. The van der Waals surface area contributed by atoms with Crippen molar-refractivity contribution in [2.24, 2.45) is 23.7 Å². The number of fused-ring (bicyclic) bond motifs is 2. The zero-order chi connectivity index (χ0) is 35.9. The number of amides is 2. The van der Waals surface area contributed by atoms with E-state index in [1.54, 1.807) is 12.7 Å². The Labute approximate surface area is 298 Å². The van der Waals surface area contributed by atoms with Gasteiger partial charge in [0.25, 0.3) is 0 Å². The van der Waals surface area contributed by atoms with Crippen LogP contribution in [0, 0.1) is 23.7 Å². The molecule has 4 aromatic rings. The van der Waals surface area contributed by atoms with Crippen LogP contribution in [0.25, 0.3) is 21.8 Å². The van der Waals surface area contributed by atoms with Crippen LogP contribution in [0.15, 0.2) is 49.1 Å². The molecule has 0 bridgehead atoms. The SMILES string of the molecule is CC(C)CCN(C(=O)CC(C)C)c1ncnc2cc(N3CCN(c4ccc5c(N(CCC(C)C)C(=O)CC(C)C)ncnc5c4)CC3)ccc12. The maximum Gasteiger partial charge on any atom is 0.228 e. The van der Waals surface area contributed by atoms with Crippen molar-refractivity contribution in [3.63, 3.8) is 0 Å². The molecule has 0 aliphatic carbocycles. The topological polar surface area (TPSA) is 98.7 Å². The highest BCUT2D eigenvalue weighted by atomic mass is 16.2. The monoisotopic (exact) mass is 680 g/mol. The lowest BCUT2D eigenvalue weighted by molar-refractivity contribution is -0.120. The summed E-state index contributed by atoms with van der Waals surface area (Å²) in [6.45, 7) is 21.8. The molecule has 2 aromatic carbocycles. The van der Waals surface area contributed by atoms with E-state index in [0.717, 1.165) is 72.2 Å². The van der Waals surface area contributed by atoms with Gasteiger partial charge in [-0.05, 0) is 72.9 Å². The lowest BCUT2D eigenvalue weighted by atomic mass is 10.1. The Hall–Kier alpha value is -4.34. The van der Waals surface area contributed by atoms with Crippen LogP contribution in [-0.2, 0) is 9.59 Å². The molecule has 3 heterocycles. The smallest absolute Gasteiger partial charge is 0.228 e. The molecule has 0 unspecified atom stereocenters. The molecule has 0 saturated carbocycles. The van der Waals surface area contributed by atoms with Crippen molar-refractivity contribution < 1.29 is 9.59 Å². The first kappa shape index (κ1) is 36.9. The third-order valence-electron chi connectivity index (χ3n) is 9.35. The molecule has 1 aliphatic heterocycles. The number of hydrogen-bond donors (Lipinski definition) is 0. The van der Waals surface area contributed by atoms with E-state index in [0.29, 0.717) is 49.4 Å². The number of rotatable bonds is 14. The van der Waals surface area contributed by atoms with E-state index >= 15 is 0 Å². The maximum absolute atomic E-state index is 13.3. The third kappa shape index (κ3) is 9.06. The lowest BCUT2D eigenvalue weighted by Gasteiger charge is -2.37. The Balaban J connectivity index is 1.32. The van der Waals surface area contributed by atoms with Gasteiger partial charge in [0, 0.05) is 74.3 Å². The van der Waals surface area contributed by atoms with E-state index in [4.69, 9.17) is 0 Å². The highest BCUT2D eigenvalue weighted by Crippen LogP contribution is 2.32. The molecule has 2 amide bonds. The molecule has 10 heteroatoms. The van der Waals surface area contributed by atoms with E-state index < -0.39 is 0 Å². The first-order valence-corrected chi connectivity index (χ1v) is 18.5. The number of carbonyl (C=O) groups excluding carboxylic acids is 2. The van der Waals surface area contributed by atoms with Crippen LogP contribution in [0.1, 0.15) is 81.1 Å². The van der Waals surface area contributed by atoms with E-state index in [2.05, 4.69) is 122 Å². The average molecular weight is 681 g/mol. The Morgan fingerprint density at radius 1 is 0.580 bits per heavy atom. The summed E-state index contributed by atoms with van der Waals surface area (Å²) in [4.78, 5) is 53.7. The largest absolute Gasteiger partial charge is 0.368 e. The van der Waals surface area contributed by atoms with Crippen LogP contribution in [0.2, 0.25) is 0 Å². The van der Waals surface area contributed by atoms with Gasteiger partial charge >= 0.3 is 0 Å². The van der Waals surface area contributed by atoms with Crippen LogP contribution < -0.4 is 19.6 Å². The van der Waals surface area contributed by atoms with Gasteiger partial charge in [-0.25, -0.2) is 19.9 Å². The number of piperazine rings is 1. The van der Waals surface area contributed by atoms with Crippen LogP contribution in [0.3, 0.4) is 0 Å². The van der Waals surface area contributed by atoms with Crippen molar-refractivity contribution in [1.29, 1.82) is 0 Å². The molecule has 1 fully saturated rings. The van der Waals surface area contributed by atoms with Gasteiger partial charge in [0.15, 0.2) is 0 Å². The van der Waals surface area contributed by atoms with Crippen molar-refractivity contribution in [2.45, 2.75) is 81.1 Å². The van der Waals surface area contributed by atoms with Crippen molar-refractivity contribution in [3.8, 4) is 0 Å². The van der Waals surface area contributed by atoms with E-state index in [-0.39, 0.29) is 23.7 Å². The predicted molar refractivity (Wildman–Crippen MR) is 206 cm³/mol. The molecule has 0 spiro atoms. The van der Waals surface area contributed by atoms with E-state index in [1.807, 2.05) is 9.80 Å². The highest BCUT2D eigenvalue weighted by Gasteiger charge is 2.24. The molecule has 1 saturated heterocycles. The molecular formula is C40H56N8O2. The highest BCUT2D eigenvalue weighted by molar-refractivity contribution is 6.02. The minimum Gasteiger partial charge on any atom is -0.368 e. The molecule has 0 atom stereocenters. The molecule has 0 radical (unpaired) electrons. The predicted octanol–water partition coefficient (Wildman–Crippen LogP) is 7.75. The third-order valence-corrected chi connectivity index (χ3v) is 9.35. The van der Waals surface area contributed by atoms with Gasteiger partial charge < -0.3 is 9.80 Å². The number of nitrogens with zero attached hydrogens (tertiary/aromatic N) is 8. The maximum atomic E-state index is 13.3. The van der Waals surface area contributed by atoms with Gasteiger partial charge in [-0.3, -0.25) is 19.4 Å². The Bertz CT molecular complexity index is 1630. The Kier molecular flexibility index (Phi) is 12.2. The fraction of sp³-hybridized carbons (Fsp3) is 0.550. The summed E-state index contributed by atoms with van der Waals surface area (Å²) >= 11 is 0. The number of hydrogen-bond acceptors (Lipinski definition) is 8. The van der Waals surface area contributed by atoms with Gasteiger partial charge in [0.05, 0.1) is 11.0 Å². The summed E-state index contributed by atoms with van der Waals surface area (Å²) in [6.07, 6.45) is 5.99. The molecule has 5 rings (SSSR count). The summed E-state index contributed by atoms with van der Waals surface area (Å²) in [5.41, 5.74) is 3.93. The minimum absolute atomic E-state index is 0.111. The quantitative estimate of drug-likeness (QED) is 0.133. The van der Waals surface area contributed by atoms with E-state index in [1.165, 1.54) is 0 Å². The first-order valence-electron chi connectivity index (χ1n) is 18.5. The number of benzene rings is 2. The standard InChI is InChI=1S/C40H56N8O2/c1-27(2)13-15-47(37(49)21-29(5)6)39-33-11-9-31(23-35(33)41-25-43-39)45-17-19-46(20-18-45)32-10-12-34-36(24-32)42-26-44-40(34)48(16-14-28(3)4)38(50)22-30(7)8/h9-12,23-30H,13-22H2,1-8H3. The summed E-state index contributed by atoms with van der Waals surface area (Å²) in [5, 5.41) is 1.81. The summed E-state index contributed by atoms with van der Waals surface area (Å²) in [6, 6.07) is 12.7.